The van der Waals surface area contributed by atoms with Crippen LogP contribution in [0.1, 0.15) is 22.6 Å². The van der Waals surface area contributed by atoms with E-state index in [-0.39, 0.29) is 33.8 Å². The summed E-state index contributed by atoms with van der Waals surface area (Å²) in [5.74, 6) is -1.86. The molecule has 2 aromatic heterocycles. The third-order valence-electron chi connectivity index (χ3n) is 8.29. The van der Waals surface area contributed by atoms with Gasteiger partial charge in [0.05, 0.1) is 27.8 Å². The van der Waals surface area contributed by atoms with E-state index in [9.17, 15) is 19.8 Å². The smallest absolute Gasteiger partial charge is 0.344 e. The first kappa shape index (κ1) is 24.9. The Bertz CT molecular complexity index is 2400. The van der Waals surface area contributed by atoms with E-state index in [0.717, 1.165) is 21.5 Å². The highest BCUT2D eigenvalue weighted by atomic mass is 16.4. The van der Waals surface area contributed by atoms with Crippen molar-refractivity contribution in [3.05, 3.63) is 153 Å². The van der Waals surface area contributed by atoms with Crippen LogP contribution in [0.25, 0.3) is 54.3 Å². The highest BCUT2D eigenvalue weighted by Crippen LogP contribution is 2.44. The van der Waals surface area contributed by atoms with Crippen molar-refractivity contribution in [3.8, 4) is 11.5 Å². The fourth-order valence-electron chi connectivity index (χ4n) is 6.23. The van der Waals surface area contributed by atoms with Gasteiger partial charge in [0.2, 0.25) is 0 Å². The summed E-state index contributed by atoms with van der Waals surface area (Å²) in [6.45, 7) is 0. The summed E-state index contributed by atoms with van der Waals surface area (Å²) in [7, 11) is 0. The molecule has 0 amide bonds. The molecule has 8 rings (SSSR count). The van der Waals surface area contributed by atoms with Gasteiger partial charge in [0, 0.05) is 10.8 Å². The maximum atomic E-state index is 13.9. The molecule has 0 saturated heterocycles. The van der Waals surface area contributed by atoms with Crippen molar-refractivity contribution in [1.82, 2.24) is 0 Å². The zero-order valence-corrected chi connectivity index (χ0v) is 22.6. The van der Waals surface area contributed by atoms with E-state index >= 15 is 0 Å². The molecule has 0 unspecified atom stereocenters. The molecule has 206 valence electrons. The molecule has 0 fully saturated rings. The van der Waals surface area contributed by atoms with Crippen LogP contribution < -0.4 is 11.3 Å². The average molecular weight is 563 g/mol. The maximum Gasteiger partial charge on any atom is 0.344 e. The molecule has 0 bridgehead atoms. The molecule has 43 heavy (non-hydrogen) atoms. The van der Waals surface area contributed by atoms with Crippen LogP contribution in [0.4, 0.5) is 0 Å². The van der Waals surface area contributed by atoms with E-state index in [0.29, 0.717) is 27.1 Å². The zero-order chi connectivity index (χ0) is 29.2. The van der Waals surface area contributed by atoms with Crippen molar-refractivity contribution in [3.63, 3.8) is 0 Å². The first-order valence-electron chi connectivity index (χ1n) is 13.8. The molecule has 6 heteroatoms. The van der Waals surface area contributed by atoms with Crippen LogP contribution in [0.15, 0.2) is 134 Å². The van der Waals surface area contributed by atoms with Crippen LogP contribution in [0.3, 0.4) is 0 Å². The molecule has 0 aliphatic heterocycles. The summed E-state index contributed by atoms with van der Waals surface area (Å²) in [5.41, 5.74) is -0.995. The molecule has 0 saturated carbocycles. The van der Waals surface area contributed by atoms with Crippen molar-refractivity contribution < 1.29 is 19.0 Å². The van der Waals surface area contributed by atoms with Gasteiger partial charge in [0.1, 0.15) is 22.7 Å². The van der Waals surface area contributed by atoms with E-state index in [1.807, 2.05) is 97.1 Å². The van der Waals surface area contributed by atoms with E-state index in [4.69, 9.17) is 8.83 Å². The summed E-state index contributed by atoms with van der Waals surface area (Å²) in [6.07, 6.45) is 0. The molecule has 2 heterocycles. The second-order valence-corrected chi connectivity index (χ2v) is 10.7. The summed E-state index contributed by atoms with van der Waals surface area (Å²) < 4.78 is 11.8. The zero-order valence-electron chi connectivity index (χ0n) is 22.6. The highest BCUT2D eigenvalue weighted by Gasteiger charge is 2.33. The normalized spacial score (nSPS) is 11.8. The van der Waals surface area contributed by atoms with Gasteiger partial charge in [-0.2, -0.15) is 0 Å². The molecular weight excluding hydrogens is 540 g/mol. The quantitative estimate of drug-likeness (QED) is 0.167. The van der Waals surface area contributed by atoms with Crippen LogP contribution in [0, 0.1) is 0 Å². The van der Waals surface area contributed by atoms with Gasteiger partial charge in [0.15, 0.2) is 0 Å². The Morgan fingerprint density at radius 3 is 1.44 bits per heavy atom. The molecular formula is C37H22O6. The number of benzene rings is 6. The van der Waals surface area contributed by atoms with Crippen molar-refractivity contribution >= 4 is 54.3 Å². The topological polar surface area (TPSA) is 101 Å². The summed E-state index contributed by atoms with van der Waals surface area (Å²) in [5, 5.41) is 29.0. The summed E-state index contributed by atoms with van der Waals surface area (Å²) >= 11 is 0. The van der Waals surface area contributed by atoms with E-state index in [1.54, 1.807) is 18.2 Å². The molecule has 0 radical (unpaired) electrons. The SMILES string of the molecule is O=c1oc2c(ccc3ccccc32)c(O)c1C(c1ccc2ccccc2c1)c1c(O)c2ccc3ccccc3c2oc1=O. The maximum absolute atomic E-state index is 13.9. The van der Waals surface area contributed by atoms with Crippen molar-refractivity contribution in [2.24, 2.45) is 0 Å². The number of aromatic hydroxyl groups is 2. The minimum Gasteiger partial charge on any atom is -0.507 e. The average Bonchev–Trinajstić information content (AvgIpc) is 3.03. The lowest BCUT2D eigenvalue weighted by atomic mass is 9.83. The molecule has 0 atom stereocenters. The number of fused-ring (bicyclic) bond motifs is 7. The van der Waals surface area contributed by atoms with Gasteiger partial charge in [-0.3, -0.25) is 0 Å². The molecule has 6 aromatic carbocycles. The lowest BCUT2D eigenvalue weighted by Gasteiger charge is -2.20. The van der Waals surface area contributed by atoms with Crippen LogP contribution in [0.2, 0.25) is 0 Å². The molecule has 0 aliphatic rings. The van der Waals surface area contributed by atoms with Gasteiger partial charge < -0.3 is 19.0 Å². The summed E-state index contributed by atoms with van der Waals surface area (Å²) in [4.78, 5) is 27.7. The monoisotopic (exact) mass is 562 g/mol. The number of hydrogen-bond donors (Lipinski definition) is 2. The minimum atomic E-state index is -1.20. The fraction of sp³-hybridized carbons (Fsp3) is 0.0270. The Morgan fingerprint density at radius 2 is 0.907 bits per heavy atom. The number of rotatable bonds is 3. The minimum absolute atomic E-state index is 0.166. The highest BCUT2D eigenvalue weighted by molar-refractivity contribution is 6.07. The van der Waals surface area contributed by atoms with Gasteiger partial charge in [-0.1, -0.05) is 103 Å². The Morgan fingerprint density at radius 1 is 0.465 bits per heavy atom. The second kappa shape index (κ2) is 9.33. The van der Waals surface area contributed by atoms with E-state index in [2.05, 4.69) is 0 Å². The second-order valence-electron chi connectivity index (χ2n) is 10.7. The standard InChI is InChI=1S/C37H22O6/c38-32-27-17-15-21-8-3-5-11-25(21)34(27)42-36(40)30(32)29(24-14-13-20-7-1-2-10-23(20)19-24)31-33(39)28-18-16-22-9-4-6-12-26(22)35(28)43-37(31)41/h1-19,29,38-39H. The van der Waals surface area contributed by atoms with Gasteiger partial charge >= 0.3 is 11.3 Å². The molecule has 8 aromatic rings. The lowest BCUT2D eigenvalue weighted by molar-refractivity contribution is 0.442. The van der Waals surface area contributed by atoms with Crippen molar-refractivity contribution in [2.45, 2.75) is 5.92 Å². The van der Waals surface area contributed by atoms with Gasteiger partial charge in [-0.25, -0.2) is 9.59 Å². The van der Waals surface area contributed by atoms with Crippen LogP contribution >= 0.6 is 0 Å². The molecule has 0 spiro atoms. The Hall–Kier alpha value is -5.88. The van der Waals surface area contributed by atoms with Gasteiger partial charge in [-0.15, -0.1) is 0 Å². The Kier molecular flexibility index (Phi) is 5.40. The van der Waals surface area contributed by atoms with E-state index in [1.165, 1.54) is 0 Å². The predicted octanol–water partition coefficient (Wildman–Crippen LogP) is 7.95. The molecule has 6 nitrogen and oxygen atoms in total. The Balaban J connectivity index is 1.48. The van der Waals surface area contributed by atoms with Crippen LogP contribution in [0.5, 0.6) is 11.5 Å². The van der Waals surface area contributed by atoms with Crippen molar-refractivity contribution in [1.29, 1.82) is 0 Å². The van der Waals surface area contributed by atoms with E-state index < -0.39 is 17.2 Å². The van der Waals surface area contributed by atoms with Crippen LogP contribution in [-0.4, -0.2) is 10.2 Å². The first-order valence-corrected chi connectivity index (χ1v) is 13.8. The number of hydrogen-bond acceptors (Lipinski definition) is 6. The fourth-order valence-corrected chi connectivity index (χ4v) is 6.23. The predicted molar refractivity (Wildman–Crippen MR) is 168 cm³/mol. The van der Waals surface area contributed by atoms with Gasteiger partial charge in [-0.05, 0) is 39.2 Å². The molecule has 0 aliphatic carbocycles. The summed E-state index contributed by atoms with van der Waals surface area (Å²) in [6, 6.07) is 35.0. The third-order valence-corrected chi connectivity index (χ3v) is 8.29. The van der Waals surface area contributed by atoms with Crippen LogP contribution in [-0.2, 0) is 0 Å². The first-order chi connectivity index (χ1) is 21.0. The Labute approximate surface area is 243 Å². The van der Waals surface area contributed by atoms with Crippen molar-refractivity contribution in [2.75, 3.05) is 0 Å². The lowest BCUT2D eigenvalue weighted by Crippen LogP contribution is -2.21. The third kappa shape index (κ3) is 3.73. The molecule has 2 N–H and O–H groups in total. The van der Waals surface area contributed by atoms with Gasteiger partial charge in [0.25, 0.3) is 0 Å². The largest absolute Gasteiger partial charge is 0.507 e.